The molecule has 0 atom stereocenters. The van der Waals surface area contributed by atoms with E-state index in [2.05, 4.69) is 12.2 Å². The number of anilines is 1. The van der Waals surface area contributed by atoms with Crippen molar-refractivity contribution in [3.8, 4) is 11.5 Å². The Morgan fingerprint density at radius 1 is 0.788 bits per heavy atom. The third-order valence-electron chi connectivity index (χ3n) is 5.70. The van der Waals surface area contributed by atoms with Crippen LogP contribution in [0.3, 0.4) is 0 Å². The fourth-order valence-electron chi connectivity index (χ4n) is 3.91. The molecular weight excluding hydrogens is 416 g/mol. The Labute approximate surface area is 193 Å². The first-order valence-corrected chi connectivity index (χ1v) is 10.8. The summed E-state index contributed by atoms with van der Waals surface area (Å²) in [6, 6.07) is 22.4. The topological polar surface area (TPSA) is 67.9 Å². The van der Waals surface area contributed by atoms with Gasteiger partial charge in [0.15, 0.2) is 0 Å². The second-order valence-electron chi connectivity index (χ2n) is 7.63. The normalized spacial score (nSPS) is 13.5. The van der Waals surface area contributed by atoms with Gasteiger partial charge in [-0.2, -0.15) is 0 Å². The predicted molar refractivity (Wildman–Crippen MR) is 128 cm³/mol. The van der Waals surface area contributed by atoms with Crippen LogP contribution in [0.2, 0.25) is 0 Å². The van der Waals surface area contributed by atoms with E-state index in [1.54, 1.807) is 26.4 Å². The highest BCUT2D eigenvalue weighted by Crippen LogP contribution is 2.36. The lowest BCUT2D eigenvalue weighted by atomic mass is 10.0. The van der Waals surface area contributed by atoms with Crippen LogP contribution in [-0.4, -0.2) is 30.9 Å². The molecule has 4 rings (SSSR count). The molecule has 1 aliphatic heterocycles. The van der Waals surface area contributed by atoms with E-state index in [0.717, 1.165) is 17.7 Å². The predicted octanol–water partition coefficient (Wildman–Crippen LogP) is 4.66. The number of methoxy groups -OCH3 is 2. The zero-order chi connectivity index (χ0) is 23.4. The smallest absolute Gasteiger partial charge is 0.278 e. The second kappa shape index (κ2) is 9.61. The summed E-state index contributed by atoms with van der Waals surface area (Å²) >= 11 is 0. The van der Waals surface area contributed by atoms with Crippen molar-refractivity contribution in [3.63, 3.8) is 0 Å². The van der Waals surface area contributed by atoms with Crippen LogP contribution in [0.1, 0.15) is 23.6 Å². The highest BCUT2D eigenvalue weighted by Gasteiger charge is 2.40. The molecule has 0 saturated carbocycles. The number of carbonyl (C=O) groups excluding carboxylic acids is 2. The molecule has 1 N–H and O–H groups in total. The molecule has 3 aromatic carbocycles. The van der Waals surface area contributed by atoms with Crippen LogP contribution in [0.25, 0.3) is 5.57 Å². The van der Waals surface area contributed by atoms with Crippen molar-refractivity contribution in [2.45, 2.75) is 19.9 Å². The molecule has 0 aromatic heterocycles. The number of para-hydroxylation sites is 2. The van der Waals surface area contributed by atoms with E-state index in [0.29, 0.717) is 17.1 Å². The maximum absolute atomic E-state index is 13.6. The summed E-state index contributed by atoms with van der Waals surface area (Å²) in [7, 11) is 3.11. The van der Waals surface area contributed by atoms with Gasteiger partial charge in [-0.1, -0.05) is 55.5 Å². The summed E-state index contributed by atoms with van der Waals surface area (Å²) in [5.74, 6) is 0.358. The van der Waals surface area contributed by atoms with E-state index < -0.39 is 5.91 Å². The van der Waals surface area contributed by atoms with E-state index in [9.17, 15) is 9.59 Å². The zero-order valence-electron chi connectivity index (χ0n) is 18.9. The van der Waals surface area contributed by atoms with Gasteiger partial charge in [0.25, 0.3) is 11.8 Å². The average molecular weight is 443 g/mol. The number of imide groups is 1. The first-order valence-electron chi connectivity index (χ1n) is 10.8. The van der Waals surface area contributed by atoms with Gasteiger partial charge in [-0.25, -0.2) is 0 Å². The third kappa shape index (κ3) is 4.32. The summed E-state index contributed by atoms with van der Waals surface area (Å²) < 4.78 is 10.9. The molecule has 1 heterocycles. The van der Waals surface area contributed by atoms with Gasteiger partial charge in [-0.05, 0) is 36.2 Å². The van der Waals surface area contributed by atoms with Crippen molar-refractivity contribution < 1.29 is 19.1 Å². The molecule has 1 aliphatic rings. The van der Waals surface area contributed by atoms with Crippen LogP contribution in [0, 0.1) is 0 Å². The van der Waals surface area contributed by atoms with Crippen LogP contribution in [0.4, 0.5) is 5.69 Å². The number of rotatable bonds is 8. The molecule has 3 aromatic rings. The SMILES string of the molecule is CCc1ccc(NC2=C(c3ccccc3OC)C(=O)N(Cc3ccccc3OC)C2=O)cc1. The van der Waals surface area contributed by atoms with Crippen LogP contribution in [0.15, 0.2) is 78.5 Å². The molecule has 0 unspecified atom stereocenters. The maximum Gasteiger partial charge on any atom is 0.278 e. The minimum atomic E-state index is -0.397. The zero-order valence-corrected chi connectivity index (χ0v) is 18.9. The van der Waals surface area contributed by atoms with Gasteiger partial charge >= 0.3 is 0 Å². The number of benzene rings is 3. The van der Waals surface area contributed by atoms with Crippen molar-refractivity contribution in [2.75, 3.05) is 19.5 Å². The number of ether oxygens (including phenoxy) is 2. The number of hydrogen-bond acceptors (Lipinski definition) is 5. The molecule has 0 radical (unpaired) electrons. The number of aryl methyl sites for hydroxylation is 1. The van der Waals surface area contributed by atoms with Crippen molar-refractivity contribution in [3.05, 3.63) is 95.2 Å². The lowest BCUT2D eigenvalue weighted by Crippen LogP contribution is -2.32. The van der Waals surface area contributed by atoms with Gasteiger partial charge in [0.1, 0.15) is 17.2 Å². The lowest BCUT2D eigenvalue weighted by Gasteiger charge is -2.17. The van der Waals surface area contributed by atoms with Gasteiger partial charge < -0.3 is 14.8 Å². The Morgan fingerprint density at radius 3 is 2.09 bits per heavy atom. The van der Waals surface area contributed by atoms with E-state index in [1.807, 2.05) is 60.7 Å². The Bertz CT molecular complexity index is 1210. The quantitative estimate of drug-likeness (QED) is 0.514. The second-order valence-corrected chi connectivity index (χ2v) is 7.63. The largest absolute Gasteiger partial charge is 0.496 e. The van der Waals surface area contributed by atoms with E-state index in [4.69, 9.17) is 9.47 Å². The Balaban J connectivity index is 1.77. The van der Waals surface area contributed by atoms with Crippen molar-refractivity contribution in [1.29, 1.82) is 0 Å². The fourth-order valence-corrected chi connectivity index (χ4v) is 3.91. The molecule has 2 amide bonds. The van der Waals surface area contributed by atoms with Crippen LogP contribution < -0.4 is 14.8 Å². The Hall–Kier alpha value is -4.06. The molecule has 0 fully saturated rings. The maximum atomic E-state index is 13.6. The van der Waals surface area contributed by atoms with Gasteiger partial charge in [-0.3, -0.25) is 14.5 Å². The first kappa shape index (κ1) is 22.1. The Kier molecular flexibility index (Phi) is 6.45. The van der Waals surface area contributed by atoms with Gasteiger partial charge in [0.05, 0.1) is 26.3 Å². The number of nitrogens with zero attached hydrogens (tertiary/aromatic N) is 1. The third-order valence-corrected chi connectivity index (χ3v) is 5.70. The Morgan fingerprint density at radius 2 is 1.42 bits per heavy atom. The molecule has 0 aliphatic carbocycles. The number of carbonyl (C=O) groups is 2. The molecule has 0 spiro atoms. The highest BCUT2D eigenvalue weighted by atomic mass is 16.5. The summed E-state index contributed by atoms with van der Waals surface area (Å²) in [6.07, 6.45) is 0.916. The van der Waals surface area contributed by atoms with Crippen molar-refractivity contribution in [1.82, 2.24) is 4.90 Å². The van der Waals surface area contributed by atoms with E-state index in [-0.39, 0.29) is 23.7 Å². The van der Waals surface area contributed by atoms with E-state index in [1.165, 1.54) is 10.5 Å². The van der Waals surface area contributed by atoms with Gasteiger partial charge in [-0.15, -0.1) is 0 Å². The van der Waals surface area contributed by atoms with Gasteiger partial charge in [0, 0.05) is 16.8 Å². The van der Waals surface area contributed by atoms with E-state index >= 15 is 0 Å². The monoisotopic (exact) mass is 442 g/mol. The summed E-state index contributed by atoms with van der Waals surface area (Å²) in [5.41, 5.74) is 3.74. The van der Waals surface area contributed by atoms with Crippen molar-refractivity contribution >= 4 is 23.1 Å². The molecule has 0 saturated heterocycles. The lowest BCUT2D eigenvalue weighted by molar-refractivity contribution is -0.137. The minimum absolute atomic E-state index is 0.0975. The van der Waals surface area contributed by atoms with Crippen molar-refractivity contribution in [2.24, 2.45) is 0 Å². The summed E-state index contributed by atoms with van der Waals surface area (Å²) in [6.45, 7) is 2.18. The average Bonchev–Trinajstić information content (AvgIpc) is 3.08. The number of amides is 2. The van der Waals surface area contributed by atoms with Crippen LogP contribution in [0.5, 0.6) is 11.5 Å². The minimum Gasteiger partial charge on any atom is -0.496 e. The standard InChI is InChI=1S/C27H26N2O4/c1-4-18-13-15-20(16-14-18)28-25-24(21-10-6-8-12-23(21)33-3)26(30)29(27(25)31)17-19-9-5-7-11-22(19)32-2/h5-16,28H,4,17H2,1-3H3. The fraction of sp³-hybridized carbons (Fsp3) is 0.185. The molecule has 168 valence electrons. The summed E-state index contributed by atoms with van der Waals surface area (Å²) in [4.78, 5) is 28.4. The summed E-state index contributed by atoms with van der Waals surface area (Å²) in [5, 5.41) is 3.20. The first-order chi connectivity index (χ1) is 16.1. The molecule has 33 heavy (non-hydrogen) atoms. The number of hydrogen-bond donors (Lipinski definition) is 1. The van der Waals surface area contributed by atoms with Crippen LogP contribution in [-0.2, 0) is 22.6 Å². The molecular formula is C27H26N2O4. The van der Waals surface area contributed by atoms with Crippen LogP contribution >= 0.6 is 0 Å². The molecule has 6 nitrogen and oxygen atoms in total. The van der Waals surface area contributed by atoms with Gasteiger partial charge in [0.2, 0.25) is 0 Å². The molecule has 0 bridgehead atoms. The number of nitrogens with one attached hydrogen (secondary N) is 1. The highest BCUT2D eigenvalue weighted by molar-refractivity contribution is 6.37. The molecule has 6 heteroatoms.